The van der Waals surface area contributed by atoms with E-state index >= 15 is 0 Å². The van der Waals surface area contributed by atoms with Crippen LogP contribution in [0, 0.1) is 6.92 Å². The molecule has 0 fully saturated rings. The normalized spacial score (nSPS) is 13.0. The number of hydrogen-bond acceptors (Lipinski definition) is 8. The molecule has 1 N–H and O–H groups in total. The number of hydrogen-bond donors (Lipinski definition) is 1. The maximum Gasteiger partial charge on any atom is 0.154 e. The Bertz CT molecular complexity index is 1140. The standard InChI is InChI=1S/C17H14N8O/c1-10-4-12(24-26-10)9-25-15-5-11(6-20-13(15)8-22-25)23-17-16-14(7-21-17)18-2-3-19-16/h2-6,8H,7,9H2,1H3,(H,21,23). The minimum Gasteiger partial charge on any atom is -0.361 e. The first-order valence-electron chi connectivity index (χ1n) is 8.12. The van der Waals surface area contributed by atoms with E-state index in [1.54, 1.807) is 24.8 Å². The first kappa shape index (κ1) is 14.7. The van der Waals surface area contributed by atoms with Gasteiger partial charge in [-0.2, -0.15) is 5.10 Å². The summed E-state index contributed by atoms with van der Waals surface area (Å²) in [6, 6.07) is 3.88. The van der Waals surface area contributed by atoms with Crippen molar-refractivity contribution in [2.24, 2.45) is 4.99 Å². The van der Waals surface area contributed by atoms with E-state index < -0.39 is 0 Å². The fourth-order valence-corrected chi connectivity index (χ4v) is 2.94. The number of nitrogens with zero attached hydrogens (tertiary/aromatic N) is 7. The molecule has 9 heteroatoms. The van der Waals surface area contributed by atoms with Crippen LogP contribution in [0.3, 0.4) is 0 Å². The molecule has 0 aromatic carbocycles. The Kier molecular flexibility index (Phi) is 3.24. The van der Waals surface area contributed by atoms with Crippen molar-refractivity contribution in [1.29, 1.82) is 0 Å². The minimum absolute atomic E-state index is 0.515. The zero-order chi connectivity index (χ0) is 17.5. The van der Waals surface area contributed by atoms with Crippen LogP contribution in [-0.4, -0.2) is 35.7 Å². The largest absolute Gasteiger partial charge is 0.361 e. The van der Waals surface area contributed by atoms with E-state index in [0.717, 1.165) is 39.6 Å². The number of amidine groups is 1. The number of anilines is 1. The average Bonchev–Trinajstić information content (AvgIpc) is 3.36. The van der Waals surface area contributed by atoms with E-state index in [0.29, 0.717) is 18.9 Å². The molecule has 1 aliphatic rings. The van der Waals surface area contributed by atoms with Gasteiger partial charge < -0.3 is 9.84 Å². The van der Waals surface area contributed by atoms with Gasteiger partial charge >= 0.3 is 0 Å². The molecule has 0 amide bonds. The molecule has 0 radical (unpaired) electrons. The van der Waals surface area contributed by atoms with Crippen LogP contribution in [0.2, 0.25) is 0 Å². The lowest BCUT2D eigenvalue weighted by Crippen LogP contribution is -2.14. The van der Waals surface area contributed by atoms with Gasteiger partial charge in [0.1, 0.15) is 22.7 Å². The first-order chi connectivity index (χ1) is 12.8. The summed E-state index contributed by atoms with van der Waals surface area (Å²) < 4.78 is 6.97. The second-order valence-electron chi connectivity index (χ2n) is 6.00. The van der Waals surface area contributed by atoms with Gasteiger partial charge in [0.15, 0.2) is 5.84 Å². The van der Waals surface area contributed by atoms with Gasteiger partial charge in [-0.25, -0.2) is 4.98 Å². The van der Waals surface area contributed by atoms with Crippen LogP contribution in [0.5, 0.6) is 0 Å². The maximum absolute atomic E-state index is 5.12. The van der Waals surface area contributed by atoms with Crippen molar-refractivity contribution in [1.82, 2.24) is 29.9 Å². The number of aryl methyl sites for hydroxylation is 1. The maximum atomic E-state index is 5.12. The van der Waals surface area contributed by atoms with E-state index in [9.17, 15) is 0 Å². The molecule has 5 heterocycles. The predicted octanol–water partition coefficient (Wildman–Crippen LogP) is 1.94. The van der Waals surface area contributed by atoms with Crippen LogP contribution in [0.4, 0.5) is 5.69 Å². The van der Waals surface area contributed by atoms with Crippen molar-refractivity contribution in [2.75, 3.05) is 5.32 Å². The Morgan fingerprint density at radius 3 is 2.96 bits per heavy atom. The summed E-state index contributed by atoms with van der Waals surface area (Å²) in [5.74, 6) is 1.48. The van der Waals surface area contributed by atoms with Crippen molar-refractivity contribution in [3.63, 3.8) is 0 Å². The van der Waals surface area contributed by atoms with Crippen molar-refractivity contribution in [3.8, 4) is 0 Å². The summed E-state index contributed by atoms with van der Waals surface area (Å²) >= 11 is 0. The summed E-state index contributed by atoms with van der Waals surface area (Å²) in [5.41, 5.74) is 4.98. The lowest BCUT2D eigenvalue weighted by atomic mass is 10.3. The zero-order valence-electron chi connectivity index (χ0n) is 13.9. The molecule has 9 nitrogen and oxygen atoms in total. The molecule has 4 aromatic rings. The number of nitrogens with one attached hydrogen (secondary N) is 1. The van der Waals surface area contributed by atoms with Crippen molar-refractivity contribution in [2.45, 2.75) is 20.0 Å². The fraction of sp³-hybridized carbons (Fsp3) is 0.176. The molecule has 0 bridgehead atoms. The van der Waals surface area contributed by atoms with Crippen molar-refractivity contribution >= 4 is 22.6 Å². The Hall–Kier alpha value is -3.62. The molecule has 0 aliphatic carbocycles. The van der Waals surface area contributed by atoms with Crippen LogP contribution in [-0.2, 0) is 13.1 Å². The van der Waals surface area contributed by atoms with Crippen LogP contribution < -0.4 is 5.32 Å². The quantitative estimate of drug-likeness (QED) is 0.604. The Labute approximate surface area is 147 Å². The summed E-state index contributed by atoms with van der Waals surface area (Å²) in [4.78, 5) is 17.6. The molecular weight excluding hydrogens is 332 g/mol. The van der Waals surface area contributed by atoms with E-state index in [1.807, 2.05) is 23.7 Å². The fourth-order valence-electron chi connectivity index (χ4n) is 2.94. The SMILES string of the molecule is Cc1cc(Cn2ncc3ncc(NC4=NCc5nccnc54)cc32)no1. The third-order valence-electron chi connectivity index (χ3n) is 4.13. The topological polar surface area (TPSA) is 107 Å². The highest BCUT2D eigenvalue weighted by molar-refractivity contribution is 6.09. The highest BCUT2D eigenvalue weighted by Crippen LogP contribution is 2.20. The second-order valence-corrected chi connectivity index (χ2v) is 6.00. The molecule has 0 atom stereocenters. The molecular formula is C17H14N8O. The zero-order valence-corrected chi connectivity index (χ0v) is 13.9. The van der Waals surface area contributed by atoms with Crippen LogP contribution in [0.25, 0.3) is 11.0 Å². The Balaban J connectivity index is 1.45. The van der Waals surface area contributed by atoms with Crippen LogP contribution in [0.1, 0.15) is 22.8 Å². The number of pyridine rings is 1. The molecule has 0 unspecified atom stereocenters. The van der Waals surface area contributed by atoms with Gasteiger partial charge in [-0.05, 0) is 13.0 Å². The number of rotatable bonds is 3. The third-order valence-corrected chi connectivity index (χ3v) is 4.13. The van der Waals surface area contributed by atoms with Crippen molar-refractivity contribution < 1.29 is 4.52 Å². The molecule has 0 saturated heterocycles. The van der Waals surface area contributed by atoms with Gasteiger partial charge in [0, 0.05) is 18.5 Å². The van der Waals surface area contributed by atoms with Gasteiger partial charge in [-0.15, -0.1) is 0 Å². The molecule has 0 spiro atoms. The Morgan fingerprint density at radius 2 is 2.08 bits per heavy atom. The monoisotopic (exact) mass is 346 g/mol. The van der Waals surface area contributed by atoms with Gasteiger partial charge in [-0.3, -0.25) is 19.6 Å². The highest BCUT2D eigenvalue weighted by Gasteiger charge is 2.18. The number of fused-ring (bicyclic) bond motifs is 2. The highest BCUT2D eigenvalue weighted by atomic mass is 16.5. The van der Waals surface area contributed by atoms with Gasteiger partial charge in [0.05, 0.1) is 42.4 Å². The molecule has 0 saturated carbocycles. The third kappa shape index (κ3) is 2.50. The molecule has 1 aliphatic heterocycles. The van der Waals surface area contributed by atoms with Gasteiger partial charge in [0.25, 0.3) is 0 Å². The average molecular weight is 346 g/mol. The molecule has 5 rings (SSSR count). The molecule has 26 heavy (non-hydrogen) atoms. The predicted molar refractivity (Wildman–Crippen MR) is 93.8 cm³/mol. The van der Waals surface area contributed by atoms with Gasteiger partial charge in [-0.1, -0.05) is 5.16 Å². The van der Waals surface area contributed by atoms with E-state index in [-0.39, 0.29) is 0 Å². The molecule has 128 valence electrons. The molecule has 4 aromatic heterocycles. The van der Waals surface area contributed by atoms with E-state index in [4.69, 9.17) is 4.52 Å². The smallest absolute Gasteiger partial charge is 0.154 e. The Morgan fingerprint density at radius 1 is 1.15 bits per heavy atom. The summed E-state index contributed by atoms with van der Waals surface area (Å²) in [5, 5.41) is 11.7. The summed E-state index contributed by atoms with van der Waals surface area (Å²) in [7, 11) is 0. The van der Waals surface area contributed by atoms with Crippen LogP contribution in [0.15, 0.2) is 46.4 Å². The summed E-state index contributed by atoms with van der Waals surface area (Å²) in [6.07, 6.45) is 6.83. The lowest BCUT2D eigenvalue weighted by molar-refractivity contribution is 0.388. The van der Waals surface area contributed by atoms with Crippen LogP contribution >= 0.6 is 0 Å². The van der Waals surface area contributed by atoms with Gasteiger partial charge in [0.2, 0.25) is 0 Å². The number of aliphatic imine (C=N–C) groups is 1. The van der Waals surface area contributed by atoms with E-state index in [1.165, 1.54) is 0 Å². The van der Waals surface area contributed by atoms with Crippen molar-refractivity contribution in [3.05, 3.63) is 59.8 Å². The summed E-state index contributed by atoms with van der Waals surface area (Å²) in [6.45, 7) is 2.91. The first-order valence-corrected chi connectivity index (χ1v) is 8.12. The van der Waals surface area contributed by atoms with E-state index in [2.05, 4.69) is 35.5 Å². The second kappa shape index (κ2) is 5.73. The number of aromatic nitrogens is 6. The lowest BCUT2D eigenvalue weighted by Gasteiger charge is -2.07. The minimum atomic E-state index is 0.515.